The Labute approximate surface area is 131 Å². The fraction of sp³-hybridized carbons (Fsp3) is 0.188. The topological polar surface area (TPSA) is 23.6 Å². The molecule has 0 aliphatic carbocycles. The quantitative estimate of drug-likeness (QED) is 0.799. The van der Waals surface area contributed by atoms with Gasteiger partial charge in [0, 0.05) is 13.6 Å². The number of benzene rings is 2. The lowest BCUT2D eigenvalue weighted by atomic mass is 10.1. The molecule has 0 saturated heterocycles. The molecule has 2 aromatic carbocycles. The van der Waals surface area contributed by atoms with Crippen LogP contribution >= 0.6 is 15.9 Å². The molecule has 0 atom stereocenters. The van der Waals surface area contributed by atoms with Gasteiger partial charge >= 0.3 is 6.03 Å². The number of hydrogen-bond donors (Lipinski definition) is 0. The van der Waals surface area contributed by atoms with Crippen LogP contribution in [0.2, 0.25) is 0 Å². The summed E-state index contributed by atoms with van der Waals surface area (Å²) in [5.74, 6) is -0.321. The third-order valence-corrected chi connectivity index (χ3v) is 4.50. The molecule has 3 nitrogen and oxygen atoms in total. The van der Waals surface area contributed by atoms with Crippen LogP contribution < -0.4 is 4.90 Å². The van der Waals surface area contributed by atoms with E-state index >= 15 is 0 Å². The van der Waals surface area contributed by atoms with Crippen LogP contribution in [0.15, 0.2) is 46.9 Å². The molecule has 0 fully saturated rings. The van der Waals surface area contributed by atoms with E-state index < -0.39 is 0 Å². The fourth-order valence-electron chi connectivity index (χ4n) is 2.53. The highest BCUT2D eigenvalue weighted by molar-refractivity contribution is 9.10. The smallest absolute Gasteiger partial charge is 0.323 e. The van der Waals surface area contributed by atoms with E-state index in [2.05, 4.69) is 15.9 Å². The van der Waals surface area contributed by atoms with E-state index in [0.717, 1.165) is 16.8 Å². The molecule has 0 radical (unpaired) electrons. The number of halogens is 2. The first kappa shape index (κ1) is 14.1. The molecule has 21 heavy (non-hydrogen) atoms. The standard InChI is InChI=1S/C16H14BrFN2O/c1-19-9-11-5-2-3-8-14(11)20(16(19)21)10-12-6-4-7-13(18)15(12)17/h2-8H,9-10H2,1H3. The zero-order chi connectivity index (χ0) is 15.0. The highest BCUT2D eigenvalue weighted by atomic mass is 79.9. The van der Waals surface area contributed by atoms with Gasteiger partial charge in [0.15, 0.2) is 0 Å². The number of amides is 2. The lowest BCUT2D eigenvalue weighted by molar-refractivity contribution is 0.210. The van der Waals surface area contributed by atoms with Crippen molar-refractivity contribution in [3.05, 3.63) is 63.9 Å². The average Bonchev–Trinajstić information content (AvgIpc) is 2.48. The highest BCUT2D eigenvalue weighted by Crippen LogP contribution is 2.31. The Morgan fingerprint density at radius 1 is 1.19 bits per heavy atom. The number of para-hydroxylation sites is 1. The summed E-state index contributed by atoms with van der Waals surface area (Å²) in [6.07, 6.45) is 0. The van der Waals surface area contributed by atoms with Crippen molar-refractivity contribution in [2.45, 2.75) is 13.1 Å². The second-order valence-corrected chi connectivity index (χ2v) is 5.86. The van der Waals surface area contributed by atoms with E-state index in [1.54, 1.807) is 22.9 Å². The lowest BCUT2D eigenvalue weighted by Crippen LogP contribution is -2.44. The first-order chi connectivity index (χ1) is 10.1. The van der Waals surface area contributed by atoms with Crippen molar-refractivity contribution in [2.24, 2.45) is 0 Å². The highest BCUT2D eigenvalue weighted by Gasteiger charge is 2.28. The summed E-state index contributed by atoms with van der Waals surface area (Å²) in [5.41, 5.74) is 2.72. The second-order valence-electron chi connectivity index (χ2n) is 5.07. The number of anilines is 1. The van der Waals surface area contributed by atoms with Gasteiger partial charge in [0.05, 0.1) is 16.7 Å². The minimum atomic E-state index is -0.321. The largest absolute Gasteiger partial charge is 0.324 e. The number of fused-ring (bicyclic) bond motifs is 1. The summed E-state index contributed by atoms with van der Waals surface area (Å²) >= 11 is 3.26. The van der Waals surface area contributed by atoms with Gasteiger partial charge < -0.3 is 4.90 Å². The molecular formula is C16H14BrFN2O. The SMILES string of the molecule is CN1Cc2ccccc2N(Cc2cccc(F)c2Br)C1=O. The molecule has 2 amide bonds. The summed E-state index contributed by atoms with van der Waals surface area (Å²) in [5, 5.41) is 0. The van der Waals surface area contributed by atoms with Gasteiger partial charge in [-0.1, -0.05) is 30.3 Å². The Bertz CT molecular complexity index is 704. The van der Waals surface area contributed by atoms with E-state index in [4.69, 9.17) is 0 Å². The van der Waals surface area contributed by atoms with E-state index in [9.17, 15) is 9.18 Å². The van der Waals surface area contributed by atoms with E-state index in [-0.39, 0.29) is 11.8 Å². The van der Waals surface area contributed by atoms with Crippen LogP contribution in [0.25, 0.3) is 0 Å². The van der Waals surface area contributed by atoms with E-state index in [0.29, 0.717) is 17.6 Å². The van der Waals surface area contributed by atoms with Crippen molar-refractivity contribution in [3.63, 3.8) is 0 Å². The second kappa shape index (κ2) is 5.48. The Balaban J connectivity index is 2.01. The predicted molar refractivity (Wildman–Crippen MR) is 83.6 cm³/mol. The van der Waals surface area contributed by atoms with Gasteiger partial charge in [0.25, 0.3) is 0 Å². The van der Waals surface area contributed by atoms with Crippen LogP contribution in [-0.4, -0.2) is 18.0 Å². The molecule has 3 rings (SSSR count). The van der Waals surface area contributed by atoms with E-state index in [1.165, 1.54) is 6.07 Å². The number of hydrogen-bond acceptors (Lipinski definition) is 1. The summed E-state index contributed by atoms with van der Waals surface area (Å²) < 4.78 is 14.0. The zero-order valence-electron chi connectivity index (χ0n) is 11.5. The molecule has 0 spiro atoms. The molecule has 1 aliphatic heterocycles. The maximum atomic E-state index is 13.6. The summed E-state index contributed by atoms with van der Waals surface area (Å²) in [6.45, 7) is 0.925. The molecule has 0 unspecified atom stereocenters. The molecule has 1 aliphatic rings. The predicted octanol–water partition coefficient (Wildman–Crippen LogP) is 4.16. The van der Waals surface area contributed by atoms with Gasteiger partial charge in [-0.25, -0.2) is 9.18 Å². The summed E-state index contributed by atoms with van der Waals surface area (Å²) in [7, 11) is 1.77. The van der Waals surface area contributed by atoms with Crippen molar-refractivity contribution < 1.29 is 9.18 Å². The van der Waals surface area contributed by atoms with Gasteiger partial charge in [-0.05, 0) is 39.2 Å². The van der Waals surface area contributed by atoms with Gasteiger partial charge in [-0.2, -0.15) is 0 Å². The van der Waals surface area contributed by atoms with Crippen LogP contribution in [0.3, 0.4) is 0 Å². The van der Waals surface area contributed by atoms with Crippen molar-refractivity contribution in [1.82, 2.24) is 4.90 Å². The Hall–Kier alpha value is -1.88. The van der Waals surface area contributed by atoms with Gasteiger partial charge in [0.2, 0.25) is 0 Å². The normalized spacial score (nSPS) is 14.3. The molecule has 5 heteroatoms. The molecular weight excluding hydrogens is 335 g/mol. The number of nitrogens with zero attached hydrogens (tertiary/aromatic N) is 2. The van der Waals surface area contributed by atoms with Crippen molar-refractivity contribution in [1.29, 1.82) is 0 Å². The maximum Gasteiger partial charge on any atom is 0.324 e. The first-order valence-electron chi connectivity index (χ1n) is 6.61. The molecule has 0 N–H and O–H groups in total. The average molecular weight is 349 g/mol. The fourth-order valence-corrected chi connectivity index (χ4v) is 2.92. The van der Waals surface area contributed by atoms with Crippen molar-refractivity contribution in [3.8, 4) is 0 Å². The van der Waals surface area contributed by atoms with Gasteiger partial charge in [-0.3, -0.25) is 4.90 Å². The minimum absolute atomic E-state index is 0.0788. The molecule has 0 saturated carbocycles. The number of rotatable bonds is 2. The van der Waals surface area contributed by atoms with Gasteiger partial charge in [-0.15, -0.1) is 0 Å². The Morgan fingerprint density at radius 2 is 1.95 bits per heavy atom. The molecule has 108 valence electrons. The van der Waals surface area contributed by atoms with Crippen LogP contribution in [0.1, 0.15) is 11.1 Å². The molecule has 0 aromatic heterocycles. The van der Waals surface area contributed by atoms with Crippen LogP contribution in [-0.2, 0) is 13.1 Å². The Kier molecular flexibility index (Phi) is 3.68. The van der Waals surface area contributed by atoms with Crippen LogP contribution in [0.5, 0.6) is 0 Å². The summed E-state index contributed by atoms with van der Waals surface area (Å²) in [4.78, 5) is 15.8. The van der Waals surface area contributed by atoms with Gasteiger partial charge in [0.1, 0.15) is 5.82 Å². The molecule has 1 heterocycles. The van der Waals surface area contributed by atoms with Crippen LogP contribution in [0.4, 0.5) is 14.9 Å². The third-order valence-electron chi connectivity index (χ3n) is 3.61. The number of urea groups is 1. The van der Waals surface area contributed by atoms with Crippen LogP contribution in [0, 0.1) is 5.82 Å². The molecule has 0 bridgehead atoms. The number of carbonyl (C=O) groups excluding carboxylic acids is 1. The third kappa shape index (κ3) is 2.53. The van der Waals surface area contributed by atoms with E-state index in [1.807, 2.05) is 30.3 Å². The monoisotopic (exact) mass is 348 g/mol. The minimum Gasteiger partial charge on any atom is -0.323 e. The van der Waals surface area contributed by atoms with Crippen molar-refractivity contribution >= 4 is 27.6 Å². The number of carbonyl (C=O) groups is 1. The van der Waals surface area contributed by atoms with Crippen molar-refractivity contribution in [2.75, 3.05) is 11.9 Å². The maximum absolute atomic E-state index is 13.6. The summed E-state index contributed by atoms with van der Waals surface area (Å²) in [6, 6.07) is 12.6. The lowest BCUT2D eigenvalue weighted by Gasteiger charge is -2.35. The Morgan fingerprint density at radius 3 is 2.76 bits per heavy atom. The molecule has 2 aromatic rings. The first-order valence-corrected chi connectivity index (χ1v) is 7.40. The zero-order valence-corrected chi connectivity index (χ0v) is 13.1.